The van der Waals surface area contributed by atoms with E-state index in [2.05, 4.69) is 41.9 Å². The van der Waals surface area contributed by atoms with Gasteiger partial charge in [-0.3, -0.25) is 0 Å². The zero-order chi connectivity index (χ0) is 14.8. The van der Waals surface area contributed by atoms with Crippen molar-refractivity contribution < 1.29 is 0 Å². The molecule has 0 radical (unpaired) electrons. The largest absolute Gasteiger partial charge is 0.341 e. The van der Waals surface area contributed by atoms with Gasteiger partial charge in [0, 0.05) is 25.2 Å². The third-order valence-corrected chi connectivity index (χ3v) is 4.02. The van der Waals surface area contributed by atoms with E-state index in [-0.39, 0.29) is 0 Å². The molecule has 21 heavy (non-hydrogen) atoms. The molecule has 1 aliphatic heterocycles. The highest BCUT2D eigenvalue weighted by atomic mass is 15.3. The molecule has 0 saturated carbocycles. The number of hydrogen-bond donors (Lipinski definition) is 1. The van der Waals surface area contributed by atoms with Crippen molar-refractivity contribution in [1.82, 2.24) is 9.97 Å². The Bertz CT molecular complexity index is 645. The number of aryl methyl sites for hydroxylation is 2. The minimum absolute atomic E-state index is 0.446. The maximum Gasteiger partial charge on any atom is 0.226 e. The molecule has 1 aliphatic rings. The van der Waals surface area contributed by atoms with Crippen LogP contribution in [0.5, 0.6) is 0 Å². The Labute approximate surface area is 126 Å². The SMILES string of the molecule is Cc1ccc(-c2cc(CN)nc(N3CCCC3)n2)c(C)c1. The molecule has 2 N–H and O–H groups in total. The van der Waals surface area contributed by atoms with Gasteiger partial charge in [-0.1, -0.05) is 23.8 Å². The molecule has 0 unspecified atom stereocenters. The van der Waals surface area contributed by atoms with Crippen LogP contribution in [0.3, 0.4) is 0 Å². The lowest BCUT2D eigenvalue weighted by Gasteiger charge is -2.17. The van der Waals surface area contributed by atoms with Crippen LogP contribution in [0.1, 0.15) is 29.7 Å². The van der Waals surface area contributed by atoms with Crippen LogP contribution in [0.4, 0.5) is 5.95 Å². The first-order chi connectivity index (χ1) is 10.2. The lowest BCUT2D eigenvalue weighted by molar-refractivity contribution is 0.870. The fourth-order valence-corrected chi connectivity index (χ4v) is 2.89. The fourth-order valence-electron chi connectivity index (χ4n) is 2.89. The van der Waals surface area contributed by atoms with Gasteiger partial charge in [0.1, 0.15) is 0 Å². The summed E-state index contributed by atoms with van der Waals surface area (Å²) in [5.41, 5.74) is 11.4. The summed E-state index contributed by atoms with van der Waals surface area (Å²) >= 11 is 0. The zero-order valence-electron chi connectivity index (χ0n) is 12.8. The lowest BCUT2D eigenvalue weighted by atomic mass is 10.0. The standard InChI is InChI=1S/C17H22N4/c1-12-5-6-15(13(2)9-12)16-10-14(11-18)19-17(20-16)21-7-3-4-8-21/h5-6,9-10H,3-4,7-8,11,18H2,1-2H3. The smallest absolute Gasteiger partial charge is 0.226 e. The highest BCUT2D eigenvalue weighted by molar-refractivity contribution is 5.65. The van der Waals surface area contributed by atoms with Crippen LogP contribution in [-0.4, -0.2) is 23.1 Å². The number of benzene rings is 1. The summed E-state index contributed by atoms with van der Waals surface area (Å²) in [5.74, 6) is 0.824. The first-order valence-corrected chi connectivity index (χ1v) is 7.58. The molecule has 1 fully saturated rings. The topological polar surface area (TPSA) is 55.0 Å². The van der Waals surface area contributed by atoms with Gasteiger partial charge in [-0.2, -0.15) is 0 Å². The summed E-state index contributed by atoms with van der Waals surface area (Å²) in [4.78, 5) is 11.6. The second-order valence-corrected chi connectivity index (χ2v) is 5.76. The lowest BCUT2D eigenvalue weighted by Crippen LogP contribution is -2.21. The first-order valence-electron chi connectivity index (χ1n) is 7.58. The number of nitrogens with two attached hydrogens (primary N) is 1. The quantitative estimate of drug-likeness (QED) is 0.940. The van der Waals surface area contributed by atoms with Crippen LogP contribution in [0.15, 0.2) is 24.3 Å². The van der Waals surface area contributed by atoms with Crippen LogP contribution in [-0.2, 0) is 6.54 Å². The van der Waals surface area contributed by atoms with Gasteiger partial charge in [0.05, 0.1) is 11.4 Å². The second kappa shape index (κ2) is 5.82. The molecule has 0 atom stereocenters. The fraction of sp³-hybridized carbons (Fsp3) is 0.412. The average molecular weight is 282 g/mol. The summed E-state index contributed by atoms with van der Waals surface area (Å²) in [5, 5.41) is 0. The van der Waals surface area contributed by atoms with E-state index >= 15 is 0 Å². The van der Waals surface area contributed by atoms with Crippen LogP contribution in [0.2, 0.25) is 0 Å². The Morgan fingerprint density at radius 3 is 2.52 bits per heavy atom. The van der Waals surface area contributed by atoms with Crippen molar-refractivity contribution in [2.75, 3.05) is 18.0 Å². The Balaban J connectivity index is 2.06. The number of nitrogens with zero attached hydrogens (tertiary/aromatic N) is 3. The first kappa shape index (κ1) is 14.0. The molecule has 2 aromatic rings. The summed E-state index contributed by atoms with van der Waals surface area (Å²) in [6.07, 6.45) is 2.43. The molecule has 1 aromatic carbocycles. The monoisotopic (exact) mass is 282 g/mol. The number of anilines is 1. The van der Waals surface area contributed by atoms with Crippen molar-refractivity contribution in [2.24, 2.45) is 5.73 Å². The molecule has 0 spiro atoms. The van der Waals surface area contributed by atoms with E-state index in [9.17, 15) is 0 Å². The van der Waals surface area contributed by atoms with E-state index in [1.165, 1.54) is 24.0 Å². The maximum absolute atomic E-state index is 5.82. The molecule has 2 heterocycles. The Morgan fingerprint density at radius 1 is 1.10 bits per heavy atom. The third-order valence-electron chi connectivity index (χ3n) is 4.02. The summed E-state index contributed by atoms with van der Waals surface area (Å²) in [6, 6.07) is 8.47. The Hall–Kier alpha value is -1.94. The summed E-state index contributed by atoms with van der Waals surface area (Å²) in [6.45, 7) is 6.77. The molecule has 4 nitrogen and oxygen atoms in total. The normalized spacial score (nSPS) is 14.7. The summed E-state index contributed by atoms with van der Waals surface area (Å²) in [7, 11) is 0. The van der Waals surface area contributed by atoms with E-state index in [1.54, 1.807) is 0 Å². The van der Waals surface area contributed by atoms with E-state index in [1.807, 2.05) is 6.07 Å². The second-order valence-electron chi connectivity index (χ2n) is 5.76. The van der Waals surface area contributed by atoms with Crippen molar-refractivity contribution >= 4 is 5.95 Å². The van der Waals surface area contributed by atoms with Gasteiger partial charge in [0.2, 0.25) is 5.95 Å². The van der Waals surface area contributed by atoms with Gasteiger partial charge in [-0.15, -0.1) is 0 Å². The van der Waals surface area contributed by atoms with Gasteiger partial charge in [-0.25, -0.2) is 9.97 Å². The van der Waals surface area contributed by atoms with Crippen molar-refractivity contribution in [1.29, 1.82) is 0 Å². The van der Waals surface area contributed by atoms with Crippen LogP contribution >= 0.6 is 0 Å². The predicted molar refractivity (Wildman–Crippen MR) is 86.3 cm³/mol. The van der Waals surface area contributed by atoms with E-state index in [0.29, 0.717) is 6.54 Å². The Morgan fingerprint density at radius 2 is 1.86 bits per heavy atom. The van der Waals surface area contributed by atoms with Crippen LogP contribution in [0.25, 0.3) is 11.3 Å². The van der Waals surface area contributed by atoms with Crippen LogP contribution in [0, 0.1) is 13.8 Å². The predicted octanol–water partition coefficient (Wildman–Crippen LogP) is 2.82. The highest BCUT2D eigenvalue weighted by Crippen LogP contribution is 2.26. The Kier molecular flexibility index (Phi) is 3.88. The molecule has 4 heteroatoms. The minimum Gasteiger partial charge on any atom is -0.341 e. The van der Waals surface area contributed by atoms with Gasteiger partial charge < -0.3 is 10.6 Å². The number of aromatic nitrogens is 2. The minimum atomic E-state index is 0.446. The van der Waals surface area contributed by atoms with Gasteiger partial charge in [0.15, 0.2) is 0 Å². The molecule has 1 aromatic heterocycles. The molecule has 1 saturated heterocycles. The maximum atomic E-state index is 5.82. The van der Waals surface area contributed by atoms with E-state index in [0.717, 1.165) is 36.0 Å². The molecular formula is C17H22N4. The van der Waals surface area contributed by atoms with Gasteiger partial charge in [-0.05, 0) is 38.3 Å². The average Bonchev–Trinajstić information content (AvgIpc) is 3.01. The molecule has 110 valence electrons. The third kappa shape index (κ3) is 2.90. The van der Waals surface area contributed by atoms with Gasteiger partial charge in [0.25, 0.3) is 0 Å². The molecule has 0 bridgehead atoms. The molecule has 0 amide bonds. The van der Waals surface area contributed by atoms with Crippen molar-refractivity contribution in [2.45, 2.75) is 33.2 Å². The van der Waals surface area contributed by atoms with Crippen molar-refractivity contribution in [3.8, 4) is 11.3 Å². The summed E-state index contributed by atoms with van der Waals surface area (Å²) < 4.78 is 0. The highest BCUT2D eigenvalue weighted by Gasteiger charge is 2.17. The van der Waals surface area contributed by atoms with Crippen molar-refractivity contribution in [3.63, 3.8) is 0 Å². The van der Waals surface area contributed by atoms with Crippen LogP contribution < -0.4 is 10.6 Å². The van der Waals surface area contributed by atoms with Crippen molar-refractivity contribution in [3.05, 3.63) is 41.1 Å². The molecular weight excluding hydrogens is 260 g/mol. The zero-order valence-corrected chi connectivity index (χ0v) is 12.8. The van der Waals surface area contributed by atoms with E-state index < -0.39 is 0 Å². The number of rotatable bonds is 3. The molecule has 0 aliphatic carbocycles. The number of hydrogen-bond acceptors (Lipinski definition) is 4. The van der Waals surface area contributed by atoms with E-state index in [4.69, 9.17) is 10.7 Å². The van der Waals surface area contributed by atoms with Gasteiger partial charge >= 0.3 is 0 Å². The molecule has 3 rings (SSSR count).